The van der Waals surface area contributed by atoms with Crippen molar-refractivity contribution < 1.29 is 9.53 Å². The highest BCUT2D eigenvalue weighted by Crippen LogP contribution is 2.19. The Morgan fingerprint density at radius 2 is 1.96 bits per heavy atom. The van der Waals surface area contributed by atoms with Gasteiger partial charge in [-0.15, -0.1) is 0 Å². The summed E-state index contributed by atoms with van der Waals surface area (Å²) in [6, 6.07) is 12.0. The Morgan fingerprint density at radius 3 is 2.61 bits per heavy atom. The largest absolute Gasteiger partial charge is 0.376 e. The lowest BCUT2D eigenvalue weighted by Gasteiger charge is -2.31. The molecule has 1 aliphatic rings. The van der Waals surface area contributed by atoms with Crippen molar-refractivity contribution in [3.8, 4) is 0 Å². The Kier molecular flexibility index (Phi) is 5.08. The Balaban J connectivity index is 1.42. The lowest BCUT2D eigenvalue weighted by atomic mass is 9.97. The third-order valence-electron chi connectivity index (χ3n) is 4.41. The van der Waals surface area contributed by atoms with Crippen molar-refractivity contribution in [2.24, 2.45) is 13.0 Å². The molecule has 1 aliphatic heterocycles. The van der Waals surface area contributed by atoms with E-state index in [4.69, 9.17) is 4.74 Å². The summed E-state index contributed by atoms with van der Waals surface area (Å²) in [5, 5.41) is 4.07. The molecule has 1 aromatic heterocycles. The van der Waals surface area contributed by atoms with Gasteiger partial charge in [0.15, 0.2) is 0 Å². The minimum Gasteiger partial charge on any atom is -0.376 e. The summed E-state index contributed by atoms with van der Waals surface area (Å²) < 4.78 is 7.46. The van der Waals surface area contributed by atoms with Gasteiger partial charge in [0.2, 0.25) is 0 Å². The number of carbonyl (C=O) groups excluding carboxylic acids is 1. The van der Waals surface area contributed by atoms with Crippen molar-refractivity contribution in [2.75, 3.05) is 19.7 Å². The number of rotatable bonds is 5. The number of likely N-dealkylation sites (tertiary alicyclic amines) is 1. The molecule has 0 bridgehead atoms. The quantitative estimate of drug-likeness (QED) is 0.852. The molecule has 1 aromatic carbocycles. The van der Waals surface area contributed by atoms with E-state index in [9.17, 15) is 4.79 Å². The van der Waals surface area contributed by atoms with E-state index in [-0.39, 0.29) is 5.91 Å². The van der Waals surface area contributed by atoms with Crippen molar-refractivity contribution in [2.45, 2.75) is 19.4 Å². The summed E-state index contributed by atoms with van der Waals surface area (Å²) in [6.07, 6.45) is 3.66. The number of benzene rings is 1. The minimum atomic E-state index is 0.0775. The van der Waals surface area contributed by atoms with Crippen LogP contribution in [-0.4, -0.2) is 40.3 Å². The summed E-state index contributed by atoms with van der Waals surface area (Å²) in [4.78, 5) is 14.3. The molecule has 5 heteroatoms. The maximum atomic E-state index is 12.4. The number of amides is 1. The first kappa shape index (κ1) is 15.7. The van der Waals surface area contributed by atoms with Crippen LogP contribution in [0.1, 0.15) is 28.9 Å². The third-order valence-corrected chi connectivity index (χ3v) is 4.41. The fourth-order valence-electron chi connectivity index (χ4n) is 2.97. The van der Waals surface area contributed by atoms with Gasteiger partial charge >= 0.3 is 0 Å². The molecular weight excluding hydrogens is 290 g/mol. The van der Waals surface area contributed by atoms with Crippen molar-refractivity contribution in [1.29, 1.82) is 0 Å². The molecule has 1 saturated heterocycles. The van der Waals surface area contributed by atoms with E-state index in [0.29, 0.717) is 18.2 Å². The summed E-state index contributed by atoms with van der Waals surface area (Å²) >= 11 is 0. The lowest BCUT2D eigenvalue weighted by molar-refractivity contribution is 0.0472. The first-order chi connectivity index (χ1) is 11.2. The molecule has 0 saturated carbocycles. The monoisotopic (exact) mass is 313 g/mol. The number of carbonyl (C=O) groups is 1. The Hall–Kier alpha value is -2.14. The molecule has 1 amide bonds. The first-order valence-electron chi connectivity index (χ1n) is 8.13. The highest BCUT2D eigenvalue weighted by atomic mass is 16.5. The zero-order valence-corrected chi connectivity index (χ0v) is 13.5. The van der Waals surface area contributed by atoms with Gasteiger partial charge in [0.1, 0.15) is 5.69 Å². The molecule has 5 nitrogen and oxygen atoms in total. The number of hydrogen-bond donors (Lipinski definition) is 0. The van der Waals surface area contributed by atoms with E-state index in [1.165, 1.54) is 5.56 Å². The standard InChI is InChI=1S/C18H23N3O2/c1-20-17(7-10-19-20)18(22)21-11-8-16(9-12-21)14-23-13-15-5-3-2-4-6-15/h2-7,10,16H,8-9,11-14H2,1H3. The molecule has 0 unspecified atom stereocenters. The van der Waals surface area contributed by atoms with Crippen LogP contribution in [0.2, 0.25) is 0 Å². The lowest BCUT2D eigenvalue weighted by Crippen LogP contribution is -2.40. The second-order valence-corrected chi connectivity index (χ2v) is 6.08. The predicted molar refractivity (Wildman–Crippen MR) is 87.9 cm³/mol. The van der Waals surface area contributed by atoms with Gasteiger partial charge in [0, 0.05) is 32.9 Å². The molecule has 0 spiro atoms. The molecule has 2 heterocycles. The van der Waals surface area contributed by atoms with Gasteiger partial charge in [0.25, 0.3) is 5.91 Å². The molecule has 122 valence electrons. The minimum absolute atomic E-state index is 0.0775. The number of ether oxygens (including phenoxy) is 1. The van der Waals surface area contributed by atoms with E-state index in [1.807, 2.05) is 23.1 Å². The van der Waals surface area contributed by atoms with Gasteiger partial charge in [-0.05, 0) is 30.4 Å². The van der Waals surface area contributed by atoms with Crippen LogP contribution in [0.4, 0.5) is 0 Å². The van der Waals surface area contributed by atoms with E-state index in [2.05, 4.69) is 17.2 Å². The van der Waals surface area contributed by atoms with Crippen molar-refractivity contribution in [3.63, 3.8) is 0 Å². The Labute approximate surface area is 136 Å². The zero-order valence-electron chi connectivity index (χ0n) is 13.5. The number of aromatic nitrogens is 2. The maximum Gasteiger partial charge on any atom is 0.272 e. The van der Waals surface area contributed by atoms with Crippen LogP contribution in [0, 0.1) is 5.92 Å². The van der Waals surface area contributed by atoms with E-state index in [0.717, 1.165) is 32.5 Å². The Bertz CT molecular complexity index is 631. The number of aryl methyl sites for hydroxylation is 1. The molecular formula is C18H23N3O2. The van der Waals surface area contributed by atoms with Gasteiger partial charge in [-0.1, -0.05) is 30.3 Å². The van der Waals surface area contributed by atoms with Gasteiger partial charge in [0.05, 0.1) is 6.61 Å². The Morgan fingerprint density at radius 1 is 1.22 bits per heavy atom. The van der Waals surface area contributed by atoms with E-state index in [1.54, 1.807) is 24.0 Å². The highest BCUT2D eigenvalue weighted by molar-refractivity contribution is 5.92. The smallest absolute Gasteiger partial charge is 0.272 e. The average molecular weight is 313 g/mol. The fraction of sp³-hybridized carbons (Fsp3) is 0.444. The van der Waals surface area contributed by atoms with Crippen LogP contribution in [0.3, 0.4) is 0 Å². The summed E-state index contributed by atoms with van der Waals surface area (Å²) in [6.45, 7) is 3.02. The first-order valence-corrected chi connectivity index (χ1v) is 8.13. The van der Waals surface area contributed by atoms with Crippen LogP contribution >= 0.6 is 0 Å². The average Bonchev–Trinajstić information content (AvgIpc) is 3.02. The second-order valence-electron chi connectivity index (χ2n) is 6.08. The summed E-state index contributed by atoms with van der Waals surface area (Å²) in [7, 11) is 1.80. The molecule has 0 atom stereocenters. The van der Waals surface area contributed by atoms with Crippen molar-refractivity contribution in [1.82, 2.24) is 14.7 Å². The molecule has 1 fully saturated rings. The summed E-state index contributed by atoms with van der Waals surface area (Å²) in [5.74, 6) is 0.614. The number of piperidine rings is 1. The normalized spacial score (nSPS) is 15.8. The van der Waals surface area contributed by atoms with Gasteiger partial charge in [-0.2, -0.15) is 5.10 Å². The third kappa shape index (κ3) is 3.99. The highest BCUT2D eigenvalue weighted by Gasteiger charge is 2.25. The van der Waals surface area contributed by atoms with Gasteiger partial charge < -0.3 is 9.64 Å². The van der Waals surface area contributed by atoms with Crippen molar-refractivity contribution >= 4 is 5.91 Å². The number of nitrogens with zero attached hydrogens (tertiary/aromatic N) is 3. The van der Waals surface area contributed by atoms with Crippen molar-refractivity contribution in [3.05, 3.63) is 53.9 Å². The molecule has 0 N–H and O–H groups in total. The zero-order chi connectivity index (χ0) is 16.1. The maximum absolute atomic E-state index is 12.4. The number of hydrogen-bond acceptors (Lipinski definition) is 3. The predicted octanol–water partition coefficient (Wildman–Crippen LogP) is 2.49. The molecule has 3 rings (SSSR count). The molecule has 2 aromatic rings. The van der Waals surface area contributed by atoms with E-state index >= 15 is 0 Å². The van der Waals surface area contributed by atoms with Crippen LogP contribution < -0.4 is 0 Å². The van der Waals surface area contributed by atoms with Crippen LogP contribution in [0.5, 0.6) is 0 Å². The van der Waals surface area contributed by atoms with Gasteiger partial charge in [-0.3, -0.25) is 9.48 Å². The summed E-state index contributed by atoms with van der Waals surface area (Å²) in [5.41, 5.74) is 1.86. The molecule has 0 aliphatic carbocycles. The van der Waals surface area contributed by atoms with Crippen LogP contribution in [0.15, 0.2) is 42.6 Å². The van der Waals surface area contributed by atoms with Crippen LogP contribution in [-0.2, 0) is 18.4 Å². The fourth-order valence-corrected chi connectivity index (χ4v) is 2.97. The molecule has 0 radical (unpaired) electrons. The van der Waals surface area contributed by atoms with Crippen LogP contribution in [0.25, 0.3) is 0 Å². The topological polar surface area (TPSA) is 47.4 Å². The second kappa shape index (κ2) is 7.42. The SMILES string of the molecule is Cn1nccc1C(=O)N1CCC(COCc2ccccc2)CC1. The van der Waals surface area contributed by atoms with E-state index < -0.39 is 0 Å². The van der Waals surface area contributed by atoms with Gasteiger partial charge in [-0.25, -0.2) is 0 Å². The molecule has 23 heavy (non-hydrogen) atoms.